The minimum absolute atomic E-state index is 0.0746. The minimum atomic E-state index is -0.141. The van der Waals surface area contributed by atoms with Crippen molar-refractivity contribution in [2.45, 2.75) is 12.5 Å². The Kier molecular flexibility index (Phi) is 3.81. The van der Waals surface area contributed by atoms with Crippen LogP contribution in [0.15, 0.2) is 35.7 Å². The number of hydrogen-bond acceptors (Lipinski definition) is 4. The predicted octanol–water partition coefficient (Wildman–Crippen LogP) is 2.56. The van der Waals surface area contributed by atoms with E-state index in [1.807, 2.05) is 35.7 Å². The molecular formula is C15H18N4OS. The molecular weight excluding hydrogens is 284 g/mol. The Bertz CT molecular complexity index is 641. The van der Waals surface area contributed by atoms with Crippen molar-refractivity contribution < 1.29 is 4.79 Å². The first-order valence-electron chi connectivity index (χ1n) is 6.88. The second-order valence-corrected chi connectivity index (χ2v) is 6.15. The number of likely N-dealkylation sites (tertiary alicyclic amines) is 1. The van der Waals surface area contributed by atoms with Gasteiger partial charge in [0, 0.05) is 24.0 Å². The Morgan fingerprint density at radius 1 is 1.38 bits per heavy atom. The summed E-state index contributed by atoms with van der Waals surface area (Å²) in [6.07, 6.45) is 0.845. The Morgan fingerprint density at radius 2 is 2.24 bits per heavy atom. The van der Waals surface area contributed by atoms with Crippen molar-refractivity contribution in [2.24, 2.45) is 5.73 Å². The highest BCUT2D eigenvalue weighted by molar-refractivity contribution is 7.13. The number of anilines is 2. The van der Waals surface area contributed by atoms with Crippen LogP contribution in [0.4, 0.5) is 16.2 Å². The van der Waals surface area contributed by atoms with Crippen LogP contribution in [0.2, 0.25) is 0 Å². The lowest BCUT2D eigenvalue weighted by atomic mass is 10.1. The molecule has 1 fully saturated rings. The number of nitrogens with zero attached hydrogens (tertiary/aromatic N) is 1. The van der Waals surface area contributed by atoms with Crippen LogP contribution in [0, 0.1) is 0 Å². The molecule has 2 aromatic rings. The number of amides is 2. The highest BCUT2D eigenvalue weighted by Crippen LogP contribution is 2.30. The molecule has 2 amide bonds. The molecule has 1 aliphatic rings. The molecule has 0 aliphatic carbocycles. The average Bonchev–Trinajstić information content (AvgIpc) is 3.12. The fourth-order valence-corrected chi connectivity index (χ4v) is 3.15. The van der Waals surface area contributed by atoms with E-state index >= 15 is 0 Å². The summed E-state index contributed by atoms with van der Waals surface area (Å²) in [4.78, 5) is 15.1. The number of hydrogen-bond donors (Lipinski definition) is 3. The fraction of sp³-hybridized carbons (Fsp3) is 0.267. The number of nitrogens with one attached hydrogen (secondary N) is 1. The maximum atomic E-state index is 12.2. The molecule has 2 heterocycles. The molecule has 1 atom stereocenters. The number of carbonyl (C=O) groups is 1. The van der Waals surface area contributed by atoms with Crippen molar-refractivity contribution in [2.75, 3.05) is 24.1 Å². The van der Waals surface area contributed by atoms with E-state index in [4.69, 9.17) is 11.5 Å². The van der Waals surface area contributed by atoms with Crippen molar-refractivity contribution >= 4 is 28.7 Å². The van der Waals surface area contributed by atoms with E-state index in [0.29, 0.717) is 24.5 Å². The lowest BCUT2D eigenvalue weighted by Crippen LogP contribution is -2.35. The van der Waals surface area contributed by atoms with Crippen LogP contribution in [0.5, 0.6) is 0 Å². The van der Waals surface area contributed by atoms with Crippen molar-refractivity contribution in [1.29, 1.82) is 0 Å². The van der Waals surface area contributed by atoms with Crippen LogP contribution in [0.3, 0.4) is 0 Å². The van der Waals surface area contributed by atoms with E-state index in [1.165, 1.54) is 0 Å². The van der Waals surface area contributed by atoms with Crippen LogP contribution in [0.1, 0.15) is 6.42 Å². The number of nitrogens with two attached hydrogens (primary N) is 2. The Balaban J connectivity index is 1.78. The van der Waals surface area contributed by atoms with Gasteiger partial charge in [0.1, 0.15) is 0 Å². The highest BCUT2D eigenvalue weighted by atomic mass is 32.1. The fourth-order valence-electron chi connectivity index (χ4n) is 2.43. The van der Waals surface area contributed by atoms with E-state index in [2.05, 4.69) is 5.32 Å². The summed E-state index contributed by atoms with van der Waals surface area (Å²) in [6, 6.07) is 9.67. The van der Waals surface area contributed by atoms with E-state index in [9.17, 15) is 4.79 Å². The summed E-state index contributed by atoms with van der Waals surface area (Å²) < 4.78 is 0. The summed E-state index contributed by atoms with van der Waals surface area (Å²) in [5, 5.41) is 4.91. The molecule has 6 heteroatoms. The zero-order valence-corrected chi connectivity index (χ0v) is 12.4. The van der Waals surface area contributed by atoms with E-state index in [-0.39, 0.29) is 12.1 Å². The standard InChI is InChI=1S/C15H18N4OS/c16-11-5-6-19(9-11)15(20)18-13-8-10(3-4-12(13)17)14-2-1-7-21-14/h1-4,7-8,11H,5-6,9,16-17H2,(H,18,20). The first-order chi connectivity index (χ1) is 10.1. The van der Waals surface area contributed by atoms with Gasteiger partial charge in [0.15, 0.2) is 0 Å². The summed E-state index contributed by atoms with van der Waals surface area (Å²) in [6.45, 7) is 1.29. The maximum Gasteiger partial charge on any atom is 0.321 e. The molecule has 1 aromatic carbocycles. The predicted molar refractivity (Wildman–Crippen MR) is 87.4 cm³/mol. The van der Waals surface area contributed by atoms with Gasteiger partial charge in [-0.2, -0.15) is 0 Å². The van der Waals surface area contributed by atoms with Gasteiger partial charge in [0.05, 0.1) is 11.4 Å². The van der Waals surface area contributed by atoms with Gasteiger partial charge in [-0.25, -0.2) is 4.79 Å². The third-order valence-corrected chi connectivity index (χ3v) is 4.53. The van der Waals surface area contributed by atoms with Crippen molar-refractivity contribution in [3.8, 4) is 10.4 Å². The van der Waals surface area contributed by atoms with Crippen molar-refractivity contribution in [1.82, 2.24) is 4.90 Å². The molecule has 110 valence electrons. The molecule has 21 heavy (non-hydrogen) atoms. The van der Waals surface area contributed by atoms with Gasteiger partial charge in [-0.05, 0) is 35.6 Å². The molecule has 0 spiro atoms. The lowest BCUT2D eigenvalue weighted by molar-refractivity contribution is 0.222. The quantitative estimate of drug-likeness (QED) is 0.745. The zero-order chi connectivity index (χ0) is 14.8. The number of nitrogen functional groups attached to an aromatic ring is 1. The number of carbonyl (C=O) groups excluding carboxylic acids is 1. The maximum absolute atomic E-state index is 12.2. The molecule has 3 rings (SSSR count). The minimum Gasteiger partial charge on any atom is -0.397 e. The first kappa shape index (κ1) is 13.9. The van der Waals surface area contributed by atoms with Gasteiger partial charge >= 0.3 is 6.03 Å². The molecule has 1 aromatic heterocycles. The third kappa shape index (κ3) is 3.01. The molecule has 5 N–H and O–H groups in total. The summed E-state index contributed by atoms with van der Waals surface area (Å²) in [7, 11) is 0. The Labute approximate surface area is 127 Å². The smallest absolute Gasteiger partial charge is 0.321 e. The van der Waals surface area contributed by atoms with E-state index < -0.39 is 0 Å². The summed E-state index contributed by atoms with van der Waals surface area (Å²) in [5.74, 6) is 0. The second-order valence-electron chi connectivity index (χ2n) is 5.20. The molecule has 1 aliphatic heterocycles. The van der Waals surface area contributed by atoms with Crippen LogP contribution in [-0.2, 0) is 0 Å². The van der Waals surface area contributed by atoms with Gasteiger partial charge in [0.2, 0.25) is 0 Å². The number of rotatable bonds is 2. The summed E-state index contributed by atoms with van der Waals surface area (Å²) >= 11 is 1.65. The van der Waals surface area contributed by atoms with Crippen LogP contribution in [0.25, 0.3) is 10.4 Å². The Hall–Kier alpha value is -2.05. The zero-order valence-electron chi connectivity index (χ0n) is 11.6. The lowest BCUT2D eigenvalue weighted by Gasteiger charge is -2.18. The van der Waals surface area contributed by atoms with Gasteiger partial charge in [-0.1, -0.05) is 12.1 Å². The van der Waals surface area contributed by atoms with Gasteiger partial charge in [-0.15, -0.1) is 11.3 Å². The van der Waals surface area contributed by atoms with Crippen LogP contribution < -0.4 is 16.8 Å². The molecule has 1 unspecified atom stereocenters. The number of benzene rings is 1. The first-order valence-corrected chi connectivity index (χ1v) is 7.76. The molecule has 0 radical (unpaired) electrons. The van der Waals surface area contributed by atoms with E-state index in [0.717, 1.165) is 16.9 Å². The monoisotopic (exact) mass is 302 g/mol. The number of thiophene rings is 1. The highest BCUT2D eigenvalue weighted by Gasteiger charge is 2.23. The van der Waals surface area contributed by atoms with Crippen LogP contribution >= 0.6 is 11.3 Å². The van der Waals surface area contributed by atoms with Crippen molar-refractivity contribution in [3.63, 3.8) is 0 Å². The van der Waals surface area contributed by atoms with Gasteiger partial charge in [-0.3, -0.25) is 0 Å². The topological polar surface area (TPSA) is 84.4 Å². The average molecular weight is 302 g/mol. The molecule has 0 saturated carbocycles. The molecule has 1 saturated heterocycles. The van der Waals surface area contributed by atoms with Gasteiger partial charge < -0.3 is 21.7 Å². The van der Waals surface area contributed by atoms with Gasteiger partial charge in [0.25, 0.3) is 0 Å². The molecule has 0 bridgehead atoms. The Morgan fingerprint density at radius 3 is 2.90 bits per heavy atom. The largest absolute Gasteiger partial charge is 0.397 e. The summed E-state index contributed by atoms with van der Waals surface area (Å²) in [5.41, 5.74) is 14.0. The van der Waals surface area contributed by atoms with Crippen molar-refractivity contribution in [3.05, 3.63) is 35.7 Å². The van der Waals surface area contributed by atoms with Crippen LogP contribution in [-0.4, -0.2) is 30.1 Å². The normalized spacial score (nSPS) is 18.0. The third-order valence-electron chi connectivity index (χ3n) is 3.61. The van der Waals surface area contributed by atoms with E-state index in [1.54, 1.807) is 16.2 Å². The number of urea groups is 1. The SMILES string of the molecule is Nc1ccc(-c2cccs2)cc1NC(=O)N1CCC(N)C1. The second kappa shape index (κ2) is 5.75. The molecule has 5 nitrogen and oxygen atoms in total.